The van der Waals surface area contributed by atoms with E-state index in [1.54, 1.807) is 0 Å². The SMILES string of the molecule is CC1CCCC(CCNC(=O)CC(N)CC(C)(C)C)C1. The highest BCUT2D eigenvalue weighted by Crippen LogP contribution is 2.30. The van der Waals surface area contributed by atoms with Gasteiger partial charge in [-0.05, 0) is 36.5 Å². The Hall–Kier alpha value is -0.570. The molecule has 1 fully saturated rings. The molecule has 0 aromatic rings. The molecule has 0 aromatic carbocycles. The van der Waals surface area contributed by atoms with E-state index < -0.39 is 0 Å². The lowest BCUT2D eigenvalue weighted by molar-refractivity contribution is -0.121. The number of nitrogens with one attached hydrogen (secondary N) is 1. The van der Waals surface area contributed by atoms with Gasteiger partial charge in [-0.25, -0.2) is 0 Å². The van der Waals surface area contributed by atoms with Gasteiger partial charge in [-0.3, -0.25) is 4.79 Å². The minimum absolute atomic E-state index is 0.0234. The summed E-state index contributed by atoms with van der Waals surface area (Å²) in [4.78, 5) is 11.9. The Bertz CT molecular complexity index is 296. The van der Waals surface area contributed by atoms with Crippen molar-refractivity contribution in [3.8, 4) is 0 Å². The molecule has 3 unspecified atom stereocenters. The highest BCUT2D eigenvalue weighted by Gasteiger charge is 2.20. The van der Waals surface area contributed by atoms with Crippen LogP contribution in [0.2, 0.25) is 0 Å². The van der Waals surface area contributed by atoms with Crippen molar-refractivity contribution in [3.63, 3.8) is 0 Å². The molecule has 1 rings (SSSR count). The van der Waals surface area contributed by atoms with E-state index in [4.69, 9.17) is 5.73 Å². The zero-order chi connectivity index (χ0) is 15.2. The van der Waals surface area contributed by atoms with Gasteiger partial charge in [0.25, 0.3) is 0 Å². The molecule has 0 heterocycles. The maximum Gasteiger partial charge on any atom is 0.221 e. The Morgan fingerprint density at radius 3 is 2.65 bits per heavy atom. The fourth-order valence-corrected chi connectivity index (χ4v) is 3.41. The molecular weight excluding hydrogens is 248 g/mol. The Balaban J connectivity index is 2.13. The Kier molecular flexibility index (Phi) is 7.01. The van der Waals surface area contributed by atoms with Crippen molar-refractivity contribution < 1.29 is 4.79 Å². The Morgan fingerprint density at radius 2 is 2.05 bits per heavy atom. The fraction of sp³-hybridized carbons (Fsp3) is 0.941. The summed E-state index contributed by atoms with van der Waals surface area (Å²) >= 11 is 0. The number of nitrogens with two attached hydrogens (primary N) is 1. The van der Waals surface area contributed by atoms with Crippen molar-refractivity contribution >= 4 is 5.91 Å². The van der Waals surface area contributed by atoms with Crippen LogP contribution in [0.1, 0.15) is 72.6 Å². The van der Waals surface area contributed by atoms with Gasteiger partial charge in [0.1, 0.15) is 0 Å². The summed E-state index contributed by atoms with van der Waals surface area (Å²) < 4.78 is 0. The zero-order valence-electron chi connectivity index (χ0n) is 13.9. The van der Waals surface area contributed by atoms with Gasteiger partial charge >= 0.3 is 0 Å². The van der Waals surface area contributed by atoms with Gasteiger partial charge in [-0.15, -0.1) is 0 Å². The summed E-state index contributed by atoms with van der Waals surface area (Å²) in [6.07, 6.45) is 7.88. The zero-order valence-corrected chi connectivity index (χ0v) is 13.9. The van der Waals surface area contributed by atoms with E-state index in [2.05, 4.69) is 33.0 Å². The summed E-state index contributed by atoms with van der Waals surface area (Å²) in [6.45, 7) is 9.65. The number of hydrogen-bond acceptors (Lipinski definition) is 2. The first-order chi connectivity index (χ1) is 9.26. The molecular formula is C17H34N2O. The highest BCUT2D eigenvalue weighted by molar-refractivity contribution is 5.76. The van der Waals surface area contributed by atoms with E-state index >= 15 is 0 Å². The molecule has 0 saturated heterocycles. The quantitative estimate of drug-likeness (QED) is 0.783. The molecule has 0 bridgehead atoms. The average molecular weight is 282 g/mol. The van der Waals surface area contributed by atoms with Crippen LogP contribution in [0.15, 0.2) is 0 Å². The first-order valence-electron chi connectivity index (χ1n) is 8.28. The van der Waals surface area contributed by atoms with Gasteiger partial charge < -0.3 is 11.1 Å². The lowest BCUT2D eigenvalue weighted by atomic mass is 9.81. The van der Waals surface area contributed by atoms with Crippen molar-refractivity contribution in [1.82, 2.24) is 5.32 Å². The third-order valence-electron chi connectivity index (χ3n) is 4.24. The standard InChI is InChI=1S/C17H34N2O/c1-13-6-5-7-14(10-13)8-9-19-16(20)11-15(18)12-17(2,3)4/h13-15H,5-12,18H2,1-4H3,(H,19,20). The summed E-state index contributed by atoms with van der Waals surface area (Å²) in [5.41, 5.74) is 6.23. The smallest absolute Gasteiger partial charge is 0.221 e. The van der Waals surface area contributed by atoms with Gasteiger partial charge in [0.2, 0.25) is 5.91 Å². The number of hydrogen-bond donors (Lipinski definition) is 2. The second-order valence-electron chi connectivity index (χ2n) is 8.01. The predicted molar refractivity (Wildman–Crippen MR) is 85.4 cm³/mol. The summed E-state index contributed by atoms with van der Waals surface area (Å²) in [5, 5.41) is 3.04. The molecule has 1 amide bonds. The van der Waals surface area contributed by atoms with Gasteiger partial charge in [0.15, 0.2) is 0 Å². The maximum absolute atomic E-state index is 11.9. The highest BCUT2D eigenvalue weighted by atomic mass is 16.1. The normalized spacial score (nSPS) is 25.2. The summed E-state index contributed by atoms with van der Waals surface area (Å²) in [5.74, 6) is 1.79. The molecule has 20 heavy (non-hydrogen) atoms. The van der Waals surface area contributed by atoms with Crippen molar-refractivity contribution in [3.05, 3.63) is 0 Å². The van der Waals surface area contributed by atoms with Crippen LogP contribution < -0.4 is 11.1 Å². The minimum atomic E-state index is -0.0234. The lowest BCUT2D eigenvalue weighted by Gasteiger charge is -2.26. The van der Waals surface area contributed by atoms with Gasteiger partial charge in [0.05, 0.1) is 0 Å². The van der Waals surface area contributed by atoms with E-state index in [1.165, 1.54) is 25.7 Å². The van der Waals surface area contributed by atoms with Gasteiger partial charge in [0, 0.05) is 19.0 Å². The van der Waals surface area contributed by atoms with Crippen molar-refractivity contribution in [2.75, 3.05) is 6.54 Å². The molecule has 0 aliphatic heterocycles. The molecule has 1 aliphatic carbocycles. The Morgan fingerprint density at radius 1 is 1.35 bits per heavy atom. The monoisotopic (exact) mass is 282 g/mol. The second-order valence-corrected chi connectivity index (χ2v) is 8.01. The molecule has 0 radical (unpaired) electrons. The molecule has 0 spiro atoms. The van der Waals surface area contributed by atoms with Crippen LogP contribution in [0.25, 0.3) is 0 Å². The van der Waals surface area contributed by atoms with E-state index in [0.29, 0.717) is 6.42 Å². The number of carbonyl (C=O) groups excluding carboxylic acids is 1. The van der Waals surface area contributed by atoms with Crippen LogP contribution in [0, 0.1) is 17.3 Å². The number of amides is 1. The molecule has 1 aliphatic rings. The van der Waals surface area contributed by atoms with Crippen LogP contribution in [-0.2, 0) is 4.79 Å². The number of rotatable bonds is 6. The van der Waals surface area contributed by atoms with Crippen molar-refractivity contribution in [1.29, 1.82) is 0 Å². The third kappa shape index (κ3) is 7.88. The predicted octanol–water partition coefficient (Wildman–Crippen LogP) is 3.47. The lowest BCUT2D eigenvalue weighted by Crippen LogP contribution is -2.35. The molecule has 3 N–H and O–H groups in total. The Labute approximate surface area is 125 Å². The topological polar surface area (TPSA) is 55.1 Å². The van der Waals surface area contributed by atoms with Gasteiger partial charge in [-0.1, -0.05) is 47.0 Å². The summed E-state index contributed by atoms with van der Waals surface area (Å²) in [7, 11) is 0. The fourth-order valence-electron chi connectivity index (χ4n) is 3.41. The van der Waals surface area contributed by atoms with Crippen LogP contribution in [0.4, 0.5) is 0 Å². The van der Waals surface area contributed by atoms with E-state index in [-0.39, 0.29) is 17.4 Å². The largest absolute Gasteiger partial charge is 0.356 e. The molecule has 3 heteroatoms. The maximum atomic E-state index is 11.9. The first-order valence-corrected chi connectivity index (χ1v) is 8.28. The molecule has 3 atom stereocenters. The molecule has 0 aromatic heterocycles. The van der Waals surface area contributed by atoms with E-state index in [9.17, 15) is 4.79 Å². The van der Waals surface area contributed by atoms with E-state index in [1.807, 2.05) is 0 Å². The first kappa shape index (κ1) is 17.5. The van der Waals surface area contributed by atoms with Crippen molar-refractivity contribution in [2.45, 2.75) is 78.7 Å². The van der Waals surface area contributed by atoms with Crippen LogP contribution in [0.5, 0.6) is 0 Å². The third-order valence-corrected chi connectivity index (χ3v) is 4.24. The summed E-state index contributed by atoms with van der Waals surface area (Å²) in [6, 6.07) is -0.0234. The minimum Gasteiger partial charge on any atom is -0.356 e. The molecule has 1 saturated carbocycles. The van der Waals surface area contributed by atoms with Crippen LogP contribution >= 0.6 is 0 Å². The van der Waals surface area contributed by atoms with E-state index in [0.717, 1.165) is 31.2 Å². The number of carbonyl (C=O) groups is 1. The van der Waals surface area contributed by atoms with Crippen LogP contribution in [0.3, 0.4) is 0 Å². The average Bonchev–Trinajstić information content (AvgIpc) is 2.25. The van der Waals surface area contributed by atoms with Crippen molar-refractivity contribution in [2.24, 2.45) is 23.0 Å². The van der Waals surface area contributed by atoms with Crippen LogP contribution in [-0.4, -0.2) is 18.5 Å². The molecule has 3 nitrogen and oxygen atoms in total. The molecule has 118 valence electrons. The van der Waals surface area contributed by atoms with Gasteiger partial charge in [-0.2, -0.15) is 0 Å². The second kappa shape index (κ2) is 8.02.